The first kappa shape index (κ1) is 15.5. The van der Waals surface area contributed by atoms with E-state index >= 15 is 0 Å². The highest BCUT2D eigenvalue weighted by atomic mass is 35.5. The van der Waals surface area contributed by atoms with E-state index in [-0.39, 0.29) is 36.8 Å². The van der Waals surface area contributed by atoms with E-state index in [4.69, 9.17) is 16.2 Å². The number of hydrogen-bond donors (Lipinski definition) is 2. The van der Waals surface area contributed by atoms with Crippen molar-refractivity contribution >= 4 is 24.2 Å². The van der Waals surface area contributed by atoms with Crippen molar-refractivity contribution in [3.05, 3.63) is 0 Å². The van der Waals surface area contributed by atoms with E-state index in [1.54, 1.807) is 4.90 Å². The molecule has 1 saturated heterocycles. The lowest BCUT2D eigenvalue weighted by Crippen LogP contribution is -2.54. The van der Waals surface area contributed by atoms with Crippen LogP contribution in [-0.4, -0.2) is 48.6 Å². The second-order valence-electron chi connectivity index (χ2n) is 5.98. The zero-order valence-corrected chi connectivity index (χ0v) is 12.2. The van der Waals surface area contributed by atoms with Crippen molar-refractivity contribution in [1.29, 1.82) is 0 Å². The number of amides is 2. The number of morpholine rings is 1. The maximum atomic E-state index is 12.6. The van der Waals surface area contributed by atoms with Gasteiger partial charge in [-0.05, 0) is 31.1 Å². The Hall–Kier alpha value is -0.850. The van der Waals surface area contributed by atoms with Gasteiger partial charge in [0.05, 0.1) is 19.1 Å². The molecule has 6 nitrogen and oxygen atoms in total. The van der Waals surface area contributed by atoms with Crippen LogP contribution in [0.25, 0.3) is 0 Å². The average Bonchev–Trinajstić information content (AvgIpc) is 2.99. The van der Waals surface area contributed by atoms with Crippen LogP contribution >= 0.6 is 12.4 Å². The molecule has 0 spiro atoms. The Morgan fingerprint density at radius 1 is 1.20 bits per heavy atom. The lowest BCUT2D eigenvalue weighted by atomic mass is 9.84. The quantitative estimate of drug-likeness (QED) is 0.718. The number of halogens is 1. The Labute approximate surface area is 124 Å². The number of carbonyl (C=O) groups is 2. The predicted octanol–water partition coefficient (Wildman–Crippen LogP) is -0.506. The van der Waals surface area contributed by atoms with E-state index in [0.717, 1.165) is 19.3 Å². The van der Waals surface area contributed by atoms with Crippen LogP contribution in [0, 0.1) is 17.8 Å². The van der Waals surface area contributed by atoms with Gasteiger partial charge in [0.1, 0.15) is 0 Å². The van der Waals surface area contributed by atoms with Crippen molar-refractivity contribution in [1.82, 2.24) is 4.90 Å². The molecule has 5 atom stereocenters. The Bertz CT molecular complexity index is 404. The molecule has 7 heteroatoms. The lowest BCUT2D eigenvalue weighted by molar-refractivity contribution is -0.149. The molecule has 1 heterocycles. The van der Waals surface area contributed by atoms with Gasteiger partial charge in [0.15, 0.2) is 6.10 Å². The molecule has 2 saturated carbocycles. The molecule has 4 N–H and O–H groups in total. The standard InChI is InChI=1S/C13H21N3O3.ClH/c14-11-8-2-1-7(5-8)10(11)13(18)16-3-4-19-9(6-16)12(15)17;/h7-11H,1-6,14H2,(H2,15,17);1H. The third-order valence-corrected chi connectivity index (χ3v) is 4.96. The van der Waals surface area contributed by atoms with E-state index < -0.39 is 12.0 Å². The zero-order valence-electron chi connectivity index (χ0n) is 11.4. The lowest BCUT2D eigenvalue weighted by Gasteiger charge is -2.36. The summed E-state index contributed by atoms with van der Waals surface area (Å²) in [6.07, 6.45) is 2.68. The third-order valence-electron chi connectivity index (χ3n) is 4.96. The van der Waals surface area contributed by atoms with E-state index in [9.17, 15) is 9.59 Å². The van der Waals surface area contributed by atoms with Crippen LogP contribution in [0.2, 0.25) is 0 Å². The molecule has 20 heavy (non-hydrogen) atoms. The van der Waals surface area contributed by atoms with Crippen LogP contribution in [0.5, 0.6) is 0 Å². The molecule has 3 rings (SSSR count). The highest BCUT2D eigenvalue weighted by Gasteiger charge is 2.50. The predicted molar refractivity (Wildman–Crippen MR) is 75.1 cm³/mol. The summed E-state index contributed by atoms with van der Waals surface area (Å²) in [7, 11) is 0. The van der Waals surface area contributed by atoms with Crippen molar-refractivity contribution in [3.63, 3.8) is 0 Å². The number of primary amides is 1. The topological polar surface area (TPSA) is 98.7 Å². The maximum absolute atomic E-state index is 12.6. The molecule has 3 aliphatic rings. The van der Waals surface area contributed by atoms with Gasteiger partial charge in [0.2, 0.25) is 11.8 Å². The highest BCUT2D eigenvalue weighted by molar-refractivity contribution is 5.85. The van der Waals surface area contributed by atoms with Crippen molar-refractivity contribution in [2.45, 2.75) is 31.4 Å². The Kier molecular flexibility index (Phi) is 4.56. The number of ether oxygens (including phenoxy) is 1. The second kappa shape index (κ2) is 5.87. The summed E-state index contributed by atoms with van der Waals surface area (Å²) >= 11 is 0. The van der Waals surface area contributed by atoms with E-state index in [2.05, 4.69) is 0 Å². The normalized spacial score (nSPS) is 39.5. The fraction of sp³-hybridized carbons (Fsp3) is 0.846. The average molecular weight is 304 g/mol. The summed E-state index contributed by atoms with van der Waals surface area (Å²) in [6.45, 7) is 1.17. The molecule has 114 valence electrons. The van der Waals surface area contributed by atoms with Gasteiger partial charge in [-0.1, -0.05) is 0 Å². The molecule has 0 aromatic rings. The fourth-order valence-electron chi connectivity index (χ4n) is 3.93. The molecular weight excluding hydrogens is 282 g/mol. The number of hydrogen-bond acceptors (Lipinski definition) is 4. The monoisotopic (exact) mass is 303 g/mol. The minimum absolute atomic E-state index is 0. The van der Waals surface area contributed by atoms with E-state index in [0.29, 0.717) is 25.0 Å². The molecule has 1 aliphatic heterocycles. The molecule has 3 fully saturated rings. The van der Waals surface area contributed by atoms with Crippen molar-refractivity contribution in [3.8, 4) is 0 Å². The van der Waals surface area contributed by atoms with Crippen LogP contribution in [0.15, 0.2) is 0 Å². The van der Waals surface area contributed by atoms with Gasteiger partial charge in [-0.2, -0.15) is 0 Å². The third kappa shape index (κ3) is 2.52. The Morgan fingerprint density at radius 3 is 2.50 bits per heavy atom. The van der Waals surface area contributed by atoms with Gasteiger partial charge in [-0.15, -0.1) is 12.4 Å². The van der Waals surface area contributed by atoms with Crippen LogP contribution in [-0.2, 0) is 14.3 Å². The van der Waals surface area contributed by atoms with Crippen molar-refractivity contribution < 1.29 is 14.3 Å². The largest absolute Gasteiger partial charge is 0.367 e. The molecule has 2 bridgehead atoms. The number of nitrogens with two attached hydrogens (primary N) is 2. The van der Waals surface area contributed by atoms with Crippen molar-refractivity contribution in [2.75, 3.05) is 19.7 Å². The summed E-state index contributed by atoms with van der Waals surface area (Å²) in [5.41, 5.74) is 11.4. The number of carbonyl (C=O) groups excluding carboxylic acids is 2. The fourth-order valence-corrected chi connectivity index (χ4v) is 3.93. The SMILES string of the molecule is Cl.NC(=O)C1CN(C(=O)C2C3CCC(C3)C2N)CCO1. The number of fused-ring (bicyclic) bond motifs is 2. The molecule has 5 unspecified atom stereocenters. The Morgan fingerprint density at radius 2 is 1.90 bits per heavy atom. The van der Waals surface area contributed by atoms with Gasteiger partial charge >= 0.3 is 0 Å². The summed E-state index contributed by atoms with van der Waals surface area (Å²) in [6, 6.07) is -0.0128. The van der Waals surface area contributed by atoms with Crippen LogP contribution in [0.3, 0.4) is 0 Å². The molecule has 2 amide bonds. The van der Waals surface area contributed by atoms with E-state index in [1.807, 2.05) is 0 Å². The number of rotatable bonds is 2. The first-order valence-electron chi connectivity index (χ1n) is 7.03. The van der Waals surface area contributed by atoms with Crippen LogP contribution < -0.4 is 11.5 Å². The maximum Gasteiger partial charge on any atom is 0.248 e. The summed E-state index contributed by atoms with van der Waals surface area (Å²) in [4.78, 5) is 25.5. The van der Waals surface area contributed by atoms with Crippen LogP contribution in [0.4, 0.5) is 0 Å². The van der Waals surface area contributed by atoms with Gasteiger partial charge in [-0.3, -0.25) is 9.59 Å². The minimum atomic E-state index is -0.674. The molecule has 0 aromatic heterocycles. The Balaban J connectivity index is 0.00000147. The summed E-state index contributed by atoms with van der Waals surface area (Å²) in [5.74, 6) is 0.462. The highest BCUT2D eigenvalue weighted by Crippen LogP contribution is 2.48. The molecular formula is C13H22ClN3O3. The summed E-state index contributed by atoms with van der Waals surface area (Å²) < 4.78 is 5.27. The second-order valence-corrected chi connectivity index (χ2v) is 5.98. The van der Waals surface area contributed by atoms with Gasteiger partial charge in [0.25, 0.3) is 0 Å². The van der Waals surface area contributed by atoms with Gasteiger partial charge in [0, 0.05) is 12.6 Å². The first-order chi connectivity index (χ1) is 9.08. The minimum Gasteiger partial charge on any atom is -0.367 e. The van der Waals surface area contributed by atoms with Gasteiger partial charge in [-0.25, -0.2) is 0 Å². The van der Waals surface area contributed by atoms with Crippen molar-refractivity contribution in [2.24, 2.45) is 29.2 Å². The summed E-state index contributed by atoms with van der Waals surface area (Å²) in [5, 5.41) is 0. The van der Waals surface area contributed by atoms with Gasteiger partial charge < -0.3 is 21.1 Å². The smallest absolute Gasteiger partial charge is 0.248 e. The number of nitrogens with zero attached hydrogens (tertiary/aromatic N) is 1. The zero-order chi connectivity index (χ0) is 13.6. The first-order valence-corrected chi connectivity index (χ1v) is 7.03. The molecule has 0 radical (unpaired) electrons. The van der Waals surface area contributed by atoms with E-state index in [1.165, 1.54) is 0 Å². The molecule has 0 aromatic carbocycles. The van der Waals surface area contributed by atoms with Crippen LogP contribution in [0.1, 0.15) is 19.3 Å². The molecule has 2 aliphatic carbocycles.